The van der Waals surface area contributed by atoms with Crippen LogP contribution in [-0.4, -0.2) is 17.4 Å². The van der Waals surface area contributed by atoms with E-state index in [0.717, 1.165) is 18.2 Å². The molecule has 0 unspecified atom stereocenters. The SMILES string of the molecule is O=C(NCCc1ccc[nH]1)[C@@H]1C[C@@H]1c1ccc(F)c(F)c1. The molecule has 1 aromatic carbocycles. The highest BCUT2D eigenvalue weighted by atomic mass is 19.2. The molecule has 3 rings (SSSR count). The zero-order valence-corrected chi connectivity index (χ0v) is 11.4. The van der Waals surface area contributed by atoms with Crippen molar-refractivity contribution in [2.24, 2.45) is 5.92 Å². The number of carbonyl (C=O) groups excluding carboxylic acids is 1. The zero-order chi connectivity index (χ0) is 14.8. The molecule has 1 aliphatic carbocycles. The minimum absolute atomic E-state index is 0.00517. The van der Waals surface area contributed by atoms with Gasteiger partial charge >= 0.3 is 0 Å². The summed E-state index contributed by atoms with van der Waals surface area (Å²) in [6.07, 6.45) is 3.29. The fourth-order valence-electron chi connectivity index (χ4n) is 2.57. The lowest BCUT2D eigenvalue weighted by molar-refractivity contribution is -0.122. The van der Waals surface area contributed by atoms with Gasteiger partial charge in [0.25, 0.3) is 0 Å². The number of H-pyrrole nitrogens is 1. The minimum Gasteiger partial charge on any atom is -0.365 e. The van der Waals surface area contributed by atoms with E-state index < -0.39 is 11.6 Å². The Morgan fingerprint density at radius 2 is 2.14 bits per heavy atom. The fourth-order valence-corrected chi connectivity index (χ4v) is 2.57. The van der Waals surface area contributed by atoms with Crippen molar-refractivity contribution >= 4 is 5.91 Å². The van der Waals surface area contributed by atoms with Gasteiger partial charge in [-0.05, 0) is 42.2 Å². The third kappa shape index (κ3) is 3.12. The van der Waals surface area contributed by atoms with Crippen LogP contribution in [0.15, 0.2) is 36.5 Å². The van der Waals surface area contributed by atoms with E-state index >= 15 is 0 Å². The second-order valence-corrected chi connectivity index (χ2v) is 5.36. The van der Waals surface area contributed by atoms with E-state index in [1.807, 2.05) is 18.3 Å². The molecule has 1 heterocycles. The van der Waals surface area contributed by atoms with Gasteiger partial charge in [-0.2, -0.15) is 0 Å². The summed E-state index contributed by atoms with van der Waals surface area (Å²) < 4.78 is 26.1. The molecule has 2 N–H and O–H groups in total. The lowest BCUT2D eigenvalue weighted by atomic mass is 10.1. The fraction of sp³-hybridized carbons (Fsp3) is 0.312. The molecule has 1 aliphatic rings. The van der Waals surface area contributed by atoms with Gasteiger partial charge in [-0.1, -0.05) is 6.07 Å². The number of benzene rings is 1. The van der Waals surface area contributed by atoms with Crippen LogP contribution in [0.5, 0.6) is 0 Å². The Morgan fingerprint density at radius 3 is 2.86 bits per heavy atom. The van der Waals surface area contributed by atoms with Gasteiger partial charge in [0.15, 0.2) is 11.6 Å². The number of halogens is 2. The third-order valence-corrected chi connectivity index (χ3v) is 3.85. The first-order chi connectivity index (χ1) is 10.1. The van der Waals surface area contributed by atoms with E-state index in [4.69, 9.17) is 0 Å². The second-order valence-electron chi connectivity index (χ2n) is 5.36. The minimum atomic E-state index is -0.856. The van der Waals surface area contributed by atoms with Crippen molar-refractivity contribution in [2.75, 3.05) is 6.54 Å². The maximum Gasteiger partial charge on any atom is 0.223 e. The van der Waals surface area contributed by atoms with E-state index in [1.54, 1.807) is 6.07 Å². The molecule has 2 aromatic rings. The number of hydrogen-bond acceptors (Lipinski definition) is 1. The highest BCUT2D eigenvalue weighted by Crippen LogP contribution is 2.47. The molecule has 0 aliphatic heterocycles. The molecule has 0 radical (unpaired) electrons. The summed E-state index contributed by atoms with van der Waals surface area (Å²) in [4.78, 5) is 15.1. The Morgan fingerprint density at radius 1 is 1.29 bits per heavy atom. The lowest BCUT2D eigenvalue weighted by Crippen LogP contribution is -2.27. The normalized spacial score (nSPS) is 20.3. The number of amides is 1. The molecule has 3 nitrogen and oxygen atoms in total. The lowest BCUT2D eigenvalue weighted by Gasteiger charge is -2.05. The average Bonchev–Trinajstić information content (AvgIpc) is 3.11. The van der Waals surface area contributed by atoms with Gasteiger partial charge in [0.05, 0.1) is 0 Å². The van der Waals surface area contributed by atoms with Crippen LogP contribution in [0.3, 0.4) is 0 Å². The molecule has 0 bridgehead atoms. The van der Waals surface area contributed by atoms with Crippen LogP contribution in [0.25, 0.3) is 0 Å². The molecular weight excluding hydrogens is 274 g/mol. The maximum atomic E-state index is 13.2. The van der Waals surface area contributed by atoms with Crippen LogP contribution >= 0.6 is 0 Å². The monoisotopic (exact) mass is 290 g/mol. The highest BCUT2D eigenvalue weighted by molar-refractivity contribution is 5.82. The van der Waals surface area contributed by atoms with Crippen LogP contribution in [0.2, 0.25) is 0 Å². The smallest absolute Gasteiger partial charge is 0.223 e. The number of aromatic nitrogens is 1. The van der Waals surface area contributed by atoms with E-state index in [9.17, 15) is 13.6 Å². The number of nitrogens with one attached hydrogen (secondary N) is 2. The summed E-state index contributed by atoms with van der Waals surface area (Å²) in [5.74, 6) is -1.85. The van der Waals surface area contributed by atoms with Crippen molar-refractivity contribution in [1.29, 1.82) is 0 Å². The van der Waals surface area contributed by atoms with E-state index in [2.05, 4.69) is 10.3 Å². The summed E-state index contributed by atoms with van der Waals surface area (Å²) in [5, 5.41) is 2.88. The first kappa shape index (κ1) is 13.8. The van der Waals surface area contributed by atoms with E-state index in [-0.39, 0.29) is 17.7 Å². The quantitative estimate of drug-likeness (QED) is 0.874. The predicted molar refractivity (Wildman–Crippen MR) is 74.7 cm³/mol. The van der Waals surface area contributed by atoms with Gasteiger partial charge in [0.1, 0.15) is 0 Å². The summed E-state index contributed by atoms with van der Waals surface area (Å²) in [6, 6.07) is 7.73. The van der Waals surface area contributed by atoms with Crippen LogP contribution in [0.1, 0.15) is 23.6 Å². The molecule has 110 valence electrons. The van der Waals surface area contributed by atoms with Crippen molar-refractivity contribution in [3.8, 4) is 0 Å². The molecule has 21 heavy (non-hydrogen) atoms. The molecule has 1 aromatic heterocycles. The van der Waals surface area contributed by atoms with Crippen molar-refractivity contribution < 1.29 is 13.6 Å². The number of aromatic amines is 1. The Labute approximate surface area is 121 Å². The molecule has 0 spiro atoms. The largest absolute Gasteiger partial charge is 0.365 e. The third-order valence-electron chi connectivity index (χ3n) is 3.85. The number of hydrogen-bond donors (Lipinski definition) is 2. The Kier molecular flexibility index (Phi) is 3.73. The van der Waals surface area contributed by atoms with Gasteiger partial charge in [-0.3, -0.25) is 4.79 Å². The summed E-state index contributed by atoms with van der Waals surface area (Å²) in [6.45, 7) is 0.570. The topological polar surface area (TPSA) is 44.9 Å². The average molecular weight is 290 g/mol. The van der Waals surface area contributed by atoms with E-state index in [0.29, 0.717) is 18.5 Å². The van der Waals surface area contributed by atoms with Gasteiger partial charge in [0, 0.05) is 30.8 Å². The van der Waals surface area contributed by atoms with Crippen LogP contribution in [0.4, 0.5) is 8.78 Å². The summed E-state index contributed by atoms with van der Waals surface area (Å²) in [7, 11) is 0. The molecule has 1 fully saturated rings. The van der Waals surface area contributed by atoms with Crippen LogP contribution < -0.4 is 5.32 Å². The number of carbonyl (C=O) groups is 1. The van der Waals surface area contributed by atoms with Crippen molar-refractivity contribution in [2.45, 2.75) is 18.8 Å². The van der Waals surface area contributed by atoms with Gasteiger partial charge in [-0.15, -0.1) is 0 Å². The highest BCUT2D eigenvalue weighted by Gasteiger charge is 2.43. The Bertz CT molecular complexity index is 640. The molecule has 1 saturated carbocycles. The molecular formula is C16H16F2N2O. The molecule has 5 heteroatoms. The summed E-state index contributed by atoms with van der Waals surface area (Å²) in [5.41, 5.74) is 1.77. The van der Waals surface area contributed by atoms with Gasteiger partial charge < -0.3 is 10.3 Å². The molecule has 1 amide bonds. The van der Waals surface area contributed by atoms with Crippen molar-refractivity contribution in [3.05, 3.63) is 59.4 Å². The van der Waals surface area contributed by atoms with Crippen molar-refractivity contribution in [1.82, 2.24) is 10.3 Å². The van der Waals surface area contributed by atoms with E-state index in [1.165, 1.54) is 6.07 Å². The maximum absolute atomic E-state index is 13.2. The second kappa shape index (κ2) is 5.68. The van der Waals surface area contributed by atoms with Gasteiger partial charge in [-0.25, -0.2) is 8.78 Å². The standard InChI is InChI=1S/C16H16F2N2O/c17-14-4-3-10(8-15(14)18)12-9-13(12)16(21)20-7-5-11-2-1-6-19-11/h1-4,6,8,12-13,19H,5,7,9H2,(H,20,21)/t12-,13-/m1/s1. The number of rotatable bonds is 5. The Hall–Kier alpha value is -2.17. The summed E-state index contributed by atoms with van der Waals surface area (Å²) >= 11 is 0. The first-order valence-electron chi connectivity index (χ1n) is 7.00. The molecule has 2 atom stereocenters. The van der Waals surface area contributed by atoms with Crippen LogP contribution in [-0.2, 0) is 11.2 Å². The van der Waals surface area contributed by atoms with Crippen LogP contribution in [0, 0.1) is 17.6 Å². The molecule has 0 saturated heterocycles. The first-order valence-corrected chi connectivity index (χ1v) is 7.00. The zero-order valence-electron chi connectivity index (χ0n) is 11.4. The van der Waals surface area contributed by atoms with Gasteiger partial charge in [0.2, 0.25) is 5.91 Å². The predicted octanol–water partition coefficient (Wildman–Crippen LogP) is 2.76. The Balaban J connectivity index is 1.50. The van der Waals surface area contributed by atoms with Crippen molar-refractivity contribution in [3.63, 3.8) is 0 Å².